The van der Waals surface area contributed by atoms with Crippen molar-refractivity contribution in [2.24, 2.45) is 0 Å². The molecule has 1 N–H and O–H groups in total. The van der Waals surface area contributed by atoms with Crippen molar-refractivity contribution in [3.05, 3.63) is 22.6 Å². The largest absolute Gasteiger partial charge is 0.453 e. The highest BCUT2D eigenvalue weighted by atomic mass is 79.9. The zero-order valence-corrected chi connectivity index (χ0v) is 11.3. The normalized spacial score (nSPS) is 21.8. The van der Waals surface area contributed by atoms with Crippen molar-refractivity contribution in [1.29, 1.82) is 0 Å². The lowest BCUT2D eigenvalue weighted by atomic mass is 10.2. The number of likely N-dealkylation sites (tertiary alicyclic amines) is 1. The predicted octanol–water partition coefficient (Wildman–Crippen LogP) is 2.62. The molecule has 1 aliphatic rings. The predicted molar refractivity (Wildman–Crippen MR) is 68.4 cm³/mol. The molecule has 1 atom stereocenters. The summed E-state index contributed by atoms with van der Waals surface area (Å²) in [6.07, 6.45) is 2.66. The number of halogens is 1. The molecule has 16 heavy (non-hydrogen) atoms. The molecule has 1 saturated heterocycles. The fraction of sp³-hybridized carbons (Fsp3) is 0.667. The Morgan fingerprint density at radius 1 is 1.56 bits per heavy atom. The molecule has 1 aliphatic heterocycles. The second-order valence-corrected chi connectivity index (χ2v) is 5.04. The number of hydrogen-bond donors (Lipinski definition) is 1. The van der Waals surface area contributed by atoms with Crippen LogP contribution in [0.1, 0.15) is 25.5 Å². The molecule has 3 nitrogen and oxygen atoms in total. The van der Waals surface area contributed by atoms with Crippen LogP contribution in [0.5, 0.6) is 0 Å². The number of hydrogen-bond acceptors (Lipinski definition) is 3. The highest BCUT2D eigenvalue weighted by molar-refractivity contribution is 9.10. The summed E-state index contributed by atoms with van der Waals surface area (Å²) in [4.78, 5) is 2.55. The summed E-state index contributed by atoms with van der Waals surface area (Å²) < 4.78 is 6.25. The quantitative estimate of drug-likeness (QED) is 0.902. The number of rotatable bonds is 5. The third-order valence-corrected chi connectivity index (χ3v) is 3.64. The highest BCUT2D eigenvalue weighted by Gasteiger charge is 2.22. The lowest BCUT2D eigenvalue weighted by Crippen LogP contribution is -2.37. The first kappa shape index (κ1) is 12.1. The monoisotopic (exact) mass is 286 g/mol. The maximum atomic E-state index is 5.44. The van der Waals surface area contributed by atoms with Gasteiger partial charge in [0, 0.05) is 12.6 Å². The van der Waals surface area contributed by atoms with Crippen LogP contribution < -0.4 is 5.32 Å². The van der Waals surface area contributed by atoms with E-state index in [1.54, 1.807) is 0 Å². The molecule has 0 radical (unpaired) electrons. The minimum absolute atomic E-state index is 0.711. The molecule has 0 saturated carbocycles. The van der Waals surface area contributed by atoms with E-state index >= 15 is 0 Å². The van der Waals surface area contributed by atoms with Gasteiger partial charge in [0.05, 0.1) is 6.54 Å². The number of nitrogens with zero attached hydrogens (tertiary/aromatic N) is 1. The van der Waals surface area contributed by atoms with Crippen molar-refractivity contribution >= 4 is 15.9 Å². The van der Waals surface area contributed by atoms with Gasteiger partial charge in [0.15, 0.2) is 4.67 Å². The highest BCUT2D eigenvalue weighted by Crippen LogP contribution is 2.16. The van der Waals surface area contributed by atoms with Gasteiger partial charge in [0.2, 0.25) is 0 Å². The first-order valence-corrected chi connectivity index (χ1v) is 6.78. The Balaban J connectivity index is 1.71. The van der Waals surface area contributed by atoms with Gasteiger partial charge in [-0.25, -0.2) is 0 Å². The Hall–Kier alpha value is -0.320. The Labute approximate surface area is 105 Å². The molecular weight excluding hydrogens is 268 g/mol. The third-order valence-electron chi connectivity index (χ3n) is 3.21. The third kappa shape index (κ3) is 3.09. The van der Waals surface area contributed by atoms with E-state index in [0.717, 1.165) is 23.5 Å². The van der Waals surface area contributed by atoms with E-state index in [2.05, 4.69) is 33.1 Å². The van der Waals surface area contributed by atoms with Crippen molar-refractivity contribution in [2.45, 2.75) is 32.4 Å². The minimum Gasteiger partial charge on any atom is -0.453 e. The van der Waals surface area contributed by atoms with Gasteiger partial charge in [-0.1, -0.05) is 6.92 Å². The molecule has 90 valence electrons. The van der Waals surface area contributed by atoms with Crippen molar-refractivity contribution in [2.75, 3.05) is 19.6 Å². The minimum atomic E-state index is 0.711. The Morgan fingerprint density at radius 3 is 3.12 bits per heavy atom. The van der Waals surface area contributed by atoms with E-state index in [0.29, 0.717) is 6.04 Å². The second kappa shape index (κ2) is 5.84. The van der Waals surface area contributed by atoms with Gasteiger partial charge in [-0.3, -0.25) is 4.90 Å². The molecule has 1 unspecified atom stereocenters. The molecule has 0 spiro atoms. The molecule has 4 heteroatoms. The van der Waals surface area contributed by atoms with E-state index in [4.69, 9.17) is 4.42 Å². The summed E-state index contributed by atoms with van der Waals surface area (Å²) in [7, 11) is 0. The molecule has 2 heterocycles. The Kier molecular flexibility index (Phi) is 4.44. The van der Waals surface area contributed by atoms with Gasteiger partial charge in [0.25, 0.3) is 0 Å². The molecule has 0 aromatic carbocycles. The van der Waals surface area contributed by atoms with Crippen molar-refractivity contribution in [3.63, 3.8) is 0 Å². The lowest BCUT2D eigenvalue weighted by Gasteiger charge is -2.22. The van der Waals surface area contributed by atoms with Gasteiger partial charge >= 0.3 is 0 Å². The van der Waals surface area contributed by atoms with Gasteiger partial charge in [-0.15, -0.1) is 0 Å². The van der Waals surface area contributed by atoms with Gasteiger partial charge in [-0.05, 0) is 54.0 Å². The fourth-order valence-electron chi connectivity index (χ4n) is 2.35. The zero-order chi connectivity index (χ0) is 11.4. The molecule has 0 aliphatic carbocycles. The molecule has 0 bridgehead atoms. The number of furan rings is 1. The lowest BCUT2D eigenvalue weighted by molar-refractivity contribution is 0.258. The average molecular weight is 287 g/mol. The van der Waals surface area contributed by atoms with E-state index < -0.39 is 0 Å². The summed E-state index contributed by atoms with van der Waals surface area (Å²) in [6, 6.07) is 4.65. The Bertz CT molecular complexity index is 327. The summed E-state index contributed by atoms with van der Waals surface area (Å²) in [6.45, 7) is 6.54. The van der Waals surface area contributed by atoms with Crippen LogP contribution in [-0.2, 0) is 6.54 Å². The Morgan fingerprint density at radius 2 is 2.44 bits per heavy atom. The van der Waals surface area contributed by atoms with Crippen LogP contribution in [0.15, 0.2) is 21.2 Å². The standard InChI is InChI=1S/C12H19BrN2O/c1-2-15-7-3-4-10(15)8-14-9-11-5-6-12(13)16-11/h5-6,10,14H,2-4,7-9H2,1H3. The summed E-state index contributed by atoms with van der Waals surface area (Å²) in [5.41, 5.74) is 0. The maximum Gasteiger partial charge on any atom is 0.169 e. The topological polar surface area (TPSA) is 28.4 Å². The van der Waals surface area contributed by atoms with Gasteiger partial charge in [-0.2, -0.15) is 0 Å². The summed E-state index contributed by atoms with van der Waals surface area (Å²) >= 11 is 3.31. The zero-order valence-electron chi connectivity index (χ0n) is 9.71. The van der Waals surface area contributed by atoms with Crippen LogP contribution >= 0.6 is 15.9 Å². The first-order valence-electron chi connectivity index (χ1n) is 5.98. The first-order chi connectivity index (χ1) is 7.79. The summed E-state index contributed by atoms with van der Waals surface area (Å²) in [5, 5.41) is 3.46. The molecule has 1 aromatic rings. The SMILES string of the molecule is CCN1CCCC1CNCc1ccc(Br)o1. The molecule has 2 rings (SSSR count). The smallest absolute Gasteiger partial charge is 0.169 e. The molecule has 1 fully saturated rings. The van der Waals surface area contributed by atoms with E-state index in [1.165, 1.54) is 25.9 Å². The fourth-order valence-corrected chi connectivity index (χ4v) is 2.69. The molecule has 0 amide bonds. The molecule has 1 aromatic heterocycles. The summed E-state index contributed by atoms with van der Waals surface area (Å²) in [5.74, 6) is 0.993. The van der Waals surface area contributed by atoms with Crippen LogP contribution in [-0.4, -0.2) is 30.6 Å². The second-order valence-electron chi connectivity index (χ2n) is 4.26. The van der Waals surface area contributed by atoms with Crippen LogP contribution in [0.2, 0.25) is 0 Å². The van der Waals surface area contributed by atoms with E-state index in [1.807, 2.05) is 12.1 Å². The van der Waals surface area contributed by atoms with Gasteiger partial charge < -0.3 is 9.73 Å². The maximum absolute atomic E-state index is 5.44. The van der Waals surface area contributed by atoms with Crippen molar-refractivity contribution in [3.8, 4) is 0 Å². The van der Waals surface area contributed by atoms with Crippen LogP contribution in [0, 0.1) is 0 Å². The van der Waals surface area contributed by atoms with Crippen molar-refractivity contribution in [1.82, 2.24) is 10.2 Å². The van der Waals surface area contributed by atoms with Gasteiger partial charge in [0.1, 0.15) is 5.76 Å². The molecular formula is C12H19BrN2O. The van der Waals surface area contributed by atoms with Crippen LogP contribution in [0.25, 0.3) is 0 Å². The average Bonchev–Trinajstić information content (AvgIpc) is 2.87. The number of nitrogens with one attached hydrogen (secondary N) is 1. The number of likely N-dealkylation sites (N-methyl/N-ethyl adjacent to an activating group) is 1. The van der Waals surface area contributed by atoms with Crippen LogP contribution in [0.3, 0.4) is 0 Å². The van der Waals surface area contributed by atoms with Crippen molar-refractivity contribution < 1.29 is 4.42 Å². The van der Waals surface area contributed by atoms with E-state index in [9.17, 15) is 0 Å². The van der Waals surface area contributed by atoms with Crippen LogP contribution in [0.4, 0.5) is 0 Å². The van der Waals surface area contributed by atoms with E-state index in [-0.39, 0.29) is 0 Å².